The summed E-state index contributed by atoms with van der Waals surface area (Å²) in [6, 6.07) is 13.3. The summed E-state index contributed by atoms with van der Waals surface area (Å²) in [6.07, 6.45) is -0.612. The minimum absolute atomic E-state index is 0.210. The zero-order valence-corrected chi connectivity index (χ0v) is 15.6. The van der Waals surface area contributed by atoms with Crippen molar-refractivity contribution in [3.8, 4) is 11.5 Å². The predicted molar refractivity (Wildman–Crippen MR) is 102 cm³/mol. The summed E-state index contributed by atoms with van der Waals surface area (Å²) >= 11 is 0. The van der Waals surface area contributed by atoms with E-state index in [9.17, 15) is 4.79 Å². The minimum atomic E-state index is -0.612. The molecule has 134 valence electrons. The maximum atomic E-state index is 12.4. The number of aryl methyl sites for hydroxylation is 1. The Morgan fingerprint density at radius 3 is 2.48 bits per heavy atom. The normalized spacial score (nSPS) is 11.9. The van der Waals surface area contributed by atoms with E-state index in [-0.39, 0.29) is 5.91 Å². The van der Waals surface area contributed by atoms with Crippen molar-refractivity contribution >= 4 is 11.6 Å². The molecule has 0 saturated heterocycles. The van der Waals surface area contributed by atoms with Crippen LogP contribution in [0.1, 0.15) is 44.7 Å². The number of hydrogen-bond acceptors (Lipinski definition) is 3. The van der Waals surface area contributed by atoms with Gasteiger partial charge in [-0.15, -0.1) is 0 Å². The smallest absolute Gasteiger partial charge is 0.265 e. The first-order valence-corrected chi connectivity index (χ1v) is 8.72. The van der Waals surface area contributed by atoms with Crippen LogP contribution in [0.25, 0.3) is 0 Å². The number of rotatable bonds is 7. The van der Waals surface area contributed by atoms with Gasteiger partial charge in [0.05, 0.1) is 12.3 Å². The Morgan fingerprint density at radius 1 is 1.12 bits per heavy atom. The molecule has 0 saturated carbocycles. The van der Waals surface area contributed by atoms with Gasteiger partial charge in [0.1, 0.15) is 11.5 Å². The molecule has 0 radical (unpaired) electrons. The molecule has 0 aliphatic carbocycles. The van der Waals surface area contributed by atoms with Crippen molar-refractivity contribution in [1.82, 2.24) is 0 Å². The third-order valence-corrected chi connectivity index (χ3v) is 3.99. The molecule has 4 heteroatoms. The van der Waals surface area contributed by atoms with Crippen LogP contribution in [-0.2, 0) is 4.79 Å². The molecular formula is C21H27NO3. The molecule has 2 aromatic rings. The van der Waals surface area contributed by atoms with Crippen LogP contribution in [-0.4, -0.2) is 18.6 Å². The van der Waals surface area contributed by atoms with Crippen LogP contribution in [0.3, 0.4) is 0 Å². The molecule has 2 aromatic carbocycles. The molecule has 0 spiro atoms. The second-order valence-electron chi connectivity index (χ2n) is 6.35. The zero-order valence-electron chi connectivity index (χ0n) is 15.6. The maximum Gasteiger partial charge on any atom is 0.265 e. The van der Waals surface area contributed by atoms with Crippen molar-refractivity contribution in [2.24, 2.45) is 0 Å². The van der Waals surface area contributed by atoms with Crippen molar-refractivity contribution in [3.63, 3.8) is 0 Å². The topological polar surface area (TPSA) is 47.6 Å². The number of carbonyl (C=O) groups excluding carboxylic acids is 1. The van der Waals surface area contributed by atoms with Crippen LogP contribution >= 0.6 is 0 Å². The highest BCUT2D eigenvalue weighted by atomic mass is 16.5. The van der Waals surface area contributed by atoms with Gasteiger partial charge >= 0.3 is 0 Å². The molecule has 1 amide bonds. The number of para-hydroxylation sites is 2. The third kappa shape index (κ3) is 4.99. The Kier molecular flexibility index (Phi) is 6.45. The van der Waals surface area contributed by atoms with Crippen LogP contribution < -0.4 is 14.8 Å². The average Bonchev–Trinajstić information content (AvgIpc) is 2.56. The summed E-state index contributed by atoms with van der Waals surface area (Å²) in [5.41, 5.74) is 3.10. The summed E-state index contributed by atoms with van der Waals surface area (Å²) in [5.74, 6) is 1.60. The first kappa shape index (κ1) is 18.8. The van der Waals surface area contributed by atoms with Gasteiger partial charge in [-0.05, 0) is 62.1 Å². The van der Waals surface area contributed by atoms with Gasteiger partial charge in [-0.3, -0.25) is 4.79 Å². The number of carbonyl (C=O) groups is 1. The highest BCUT2D eigenvalue weighted by molar-refractivity contribution is 5.95. The van der Waals surface area contributed by atoms with Gasteiger partial charge in [0.2, 0.25) is 0 Å². The number of anilines is 1. The highest BCUT2D eigenvalue weighted by Crippen LogP contribution is 2.26. The second-order valence-corrected chi connectivity index (χ2v) is 6.35. The standard InChI is InChI=1S/C21H27NO3/c1-6-24-20-10-8-7-9-19(20)22-21(23)16(5)25-17-11-12-18(14(2)3)15(4)13-17/h7-14,16H,6H2,1-5H3,(H,22,23). The van der Waals surface area contributed by atoms with Crippen LogP contribution in [0.5, 0.6) is 11.5 Å². The van der Waals surface area contributed by atoms with Gasteiger partial charge in [0, 0.05) is 0 Å². The van der Waals surface area contributed by atoms with Crippen LogP contribution in [0.2, 0.25) is 0 Å². The predicted octanol–water partition coefficient (Wildman–Crippen LogP) is 4.92. The summed E-state index contributed by atoms with van der Waals surface area (Å²) in [6.45, 7) is 10.6. The quantitative estimate of drug-likeness (QED) is 0.777. The van der Waals surface area contributed by atoms with Gasteiger partial charge in [-0.25, -0.2) is 0 Å². The van der Waals surface area contributed by atoms with Gasteiger partial charge in [-0.1, -0.05) is 32.0 Å². The van der Waals surface area contributed by atoms with Crippen molar-refractivity contribution in [2.45, 2.75) is 46.6 Å². The molecule has 25 heavy (non-hydrogen) atoms. The Bertz CT molecular complexity index is 725. The lowest BCUT2D eigenvalue weighted by Crippen LogP contribution is -2.30. The lowest BCUT2D eigenvalue weighted by Gasteiger charge is -2.18. The van der Waals surface area contributed by atoms with Gasteiger partial charge < -0.3 is 14.8 Å². The molecule has 0 fully saturated rings. The Labute approximate surface area is 150 Å². The van der Waals surface area contributed by atoms with E-state index < -0.39 is 6.10 Å². The monoisotopic (exact) mass is 341 g/mol. The fourth-order valence-corrected chi connectivity index (χ4v) is 2.71. The first-order chi connectivity index (χ1) is 11.9. The molecule has 1 unspecified atom stereocenters. The molecule has 4 nitrogen and oxygen atoms in total. The molecule has 0 aliphatic rings. The number of hydrogen-bond donors (Lipinski definition) is 1. The third-order valence-electron chi connectivity index (χ3n) is 3.99. The SMILES string of the molecule is CCOc1ccccc1NC(=O)C(C)Oc1ccc(C(C)C)c(C)c1. The number of amides is 1. The second kappa shape index (κ2) is 8.56. The van der Waals surface area contributed by atoms with Crippen molar-refractivity contribution in [3.05, 3.63) is 53.6 Å². The molecule has 0 aliphatic heterocycles. The van der Waals surface area contributed by atoms with Gasteiger partial charge in [0.25, 0.3) is 5.91 Å². The summed E-state index contributed by atoms with van der Waals surface area (Å²) in [7, 11) is 0. The summed E-state index contributed by atoms with van der Waals surface area (Å²) < 4.78 is 11.3. The Hall–Kier alpha value is -2.49. The fourth-order valence-electron chi connectivity index (χ4n) is 2.71. The Morgan fingerprint density at radius 2 is 1.84 bits per heavy atom. The van der Waals surface area contributed by atoms with Crippen molar-refractivity contribution in [1.29, 1.82) is 0 Å². The van der Waals surface area contributed by atoms with Gasteiger partial charge in [0.15, 0.2) is 6.10 Å². The van der Waals surface area contributed by atoms with Gasteiger partial charge in [-0.2, -0.15) is 0 Å². The number of ether oxygens (including phenoxy) is 2. The lowest BCUT2D eigenvalue weighted by molar-refractivity contribution is -0.122. The zero-order chi connectivity index (χ0) is 18.4. The van der Waals surface area contributed by atoms with E-state index in [0.29, 0.717) is 29.7 Å². The van der Waals surface area contributed by atoms with Crippen LogP contribution in [0.4, 0.5) is 5.69 Å². The molecule has 0 bridgehead atoms. The van der Waals surface area contributed by atoms with E-state index in [2.05, 4.69) is 32.2 Å². The maximum absolute atomic E-state index is 12.4. The fraction of sp³-hybridized carbons (Fsp3) is 0.381. The van der Waals surface area contributed by atoms with E-state index in [1.165, 1.54) is 11.1 Å². The Balaban J connectivity index is 2.05. The highest BCUT2D eigenvalue weighted by Gasteiger charge is 2.17. The number of benzene rings is 2. The van der Waals surface area contributed by atoms with Crippen molar-refractivity contribution < 1.29 is 14.3 Å². The largest absolute Gasteiger partial charge is 0.492 e. The molecule has 1 N–H and O–H groups in total. The molecule has 0 aromatic heterocycles. The minimum Gasteiger partial charge on any atom is -0.492 e. The van der Waals surface area contributed by atoms with E-state index in [1.807, 2.05) is 43.3 Å². The molecule has 0 heterocycles. The van der Waals surface area contributed by atoms with Crippen LogP contribution in [0, 0.1) is 6.92 Å². The lowest BCUT2D eigenvalue weighted by atomic mass is 9.98. The summed E-state index contributed by atoms with van der Waals surface area (Å²) in [4.78, 5) is 12.4. The van der Waals surface area contributed by atoms with Crippen molar-refractivity contribution in [2.75, 3.05) is 11.9 Å². The van der Waals surface area contributed by atoms with E-state index in [1.54, 1.807) is 6.92 Å². The van der Waals surface area contributed by atoms with E-state index in [0.717, 1.165) is 0 Å². The number of nitrogens with one attached hydrogen (secondary N) is 1. The van der Waals surface area contributed by atoms with E-state index >= 15 is 0 Å². The molecular weight excluding hydrogens is 314 g/mol. The van der Waals surface area contributed by atoms with E-state index in [4.69, 9.17) is 9.47 Å². The molecule has 1 atom stereocenters. The first-order valence-electron chi connectivity index (χ1n) is 8.72. The van der Waals surface area contributed by atoms with Crippen LogP contribution in [0.15, 0.2) is 42.5 Å². The summed E-state index contributed by atoms with van der Waals surface area (Å²) in [5, 5.41) is 2.87. The average molecular weight is 341 g/mol. The molecule has 2 rings (SSSR count).